The second-order valence-corrected chi connectivity index (χ2v) is 3.80. The standard InChI is InChI=1S/C11H18O/c1-4-11(2,3)12-10-8-6-5-7-9-10/h6,8-9H,4-5,7H2,1-3H3. The van der Waals surface area contributed by atoms with Gasteiger partial charge in [-0.3, -0.25) is 0 Å². The zero-order valence-electron chi connectivity index (χ0n) is 8.26. The van der Waals surface area contributed by atoms with Crippen molar-refractivity contribution in [2.24, 2.45) is 0 Å². The molecule has 0 aromatic heterocycles. The van der Waals surface area contributed by atoms with Crippen LogP contribution in [0.2, 0.25) is 0 Å². The van der Waals surface area contributed by atoms with Crippen LogP contribution in [0.25, 0.3) is 0 Å². The molecule has 0 bridgehead atoms. The summed E-state index contributed by atoms with van der Waals surface area (Å²) in [6, 6.07) is 0. The van der Waals surface area contributed by atoms with E-state index >= 15 is 0 Å². The van der Waals surface area contributed by atoms with Gasteiger partial charge in [0.05, 0.1) is 0 Å². The number of hydrogen-bond acceptors (Lipinski definition) is 1. The van der Waals surface area contributed by atoms with Crippen LogP contribution in [0, 0.1) is 0 Å². The van der Waals surface area contributed by atoms with Crippen LogP contribution in [0.4, 0.5) is 0 Å². The van der Waals surface area contributed by atoms with Crippen LogP contribution in [0.5, 0.6) is 0 Å². The monoisotopic (exact) mass is 166 g/mol. The Morgan fingerprint density at radius 2 is 2.17 bits per heavy atom. The van der Waals surface area contributed by atoms with Crippen molar-refractivity contribution in [3.05, 3.63) is 24.0 Å². The van der Waals surface area contributed by atoms with Crippen molar-refractivity contribution in [3.8, 4) is 0 Å². The van der Waals surface area contributed by atoms with Gasteiger partial charge in [0.15, 0.2) is 0 Å². The Labute approximate surface area is 75.1 Å². The predicted molar refractivity (Wildman–Crippen MR) is 51.9 cm³/mol. The molecule has 1 rings (SSSR count). The van der Waals surface area contributed by atoms with E-state index < -0.39 is 0 Å². The van der Waals surface area contributed by atoms with Crippen molar-refractivity contribution in [1.82, 2.24) is 0 Å². The predicted octanol–water partition coefficient (Wildman–Crippen LogP) is 3.43. The summed E-state index contributed by atoms with van der Waals surface area (Å²) >= 11 is 0. The Morgan fingerprint density at radius 1 is 1.42 bits per heavy atom. The Bertz CT molecular complexity index is 199. The average molecular weight is 166 g/mol. The van der Waals surface area contributed by atoms with Crippen LogP contribution in [0.15, 0.2) is 24.0 Å². The van der Waals surface area contributed by atoms with Gasteiger partial charge in [0.25, 0.3) is 0 Å². The van der Waals surface area contributed by atoms with Gasteiger partial charge in [-0.15, -0.1) is 0 Å². The summed E-state index contributed by atoms with van der Waals surface area (Å²) in [6.45, 7) is 6.39. The maximum atomic E-state index is 5.80. The summed E-state index contributed by atoms with van der Waals surface area (Å²) in [6.07, 6.45) is 9.71. The van der Waals surface area contributed by atoms with E-state index in [9.17, 15) is 0 Å². The quantitative estimate of drug-likeness (QED) is 0.624. The minimum atomic E-state index is -0.0203. The van der Waals surface area contributed by atoms with Gasteiger partial charge >= 0.3 is 0 Å². The van der Waals surface area contributed by atoms with Crippen molar-refractivity contribution < 1.29 is 4.74 Å². The van der Waals surface area contributed by atoms with Crippen LogP contribution in [-0.2, 0) is 4.74 Å². The van der Waals surface area contributed by atoms with E-state index in [1.807, 2.05) is 0 Å². The average Bonchev–Trinajstić information content (AvgIpc) is 2.06. The first-order valence-electron chi connectivity index (χ1n) is 4.70. The van der Waals surface area contributed by atoms with Crippen LogP contribution in [0.3, 0.4) is 0 Å². The van der Waals surface area contributed by atoms with E-state index in [1.54, 1.807) is 0 Å². The smallest absolute Gasteiger partial charge is 0.115 e. The van der Waals surface area contributed by atoms with Crippen LogP contribution < -0.4 is 0 Å². The SMILES string of the molecule is CCC(C)(C)OC1=CCCC=C1. The van der Waals surface area contributed by atoms with Gasteiger partial charge in [0.1, 0.15) is 11.4 Å². The lowest BCUT2D eigenvalue weighted by molar-refractivity contribution is 0.0378. The maximum absolute atomic E-state index is 5.80. The first-order chi connectivity index (χ1) is 5.64. The van der Waals surface area contributed by atoms with E-state index in [4.69, 9.17) is 4.74 Å². The molecule has 1 nitrogen and oxygen atoms in total. The maximum Gasteiger partial charge on any atom is 0.115 e. The molecule has 0 aliphatic heterocycles. The lowest BCUT2D eigenvalue weighted by atomic mass is 10.1. The third-order valence-corrected chi connectivity index (χ3v) is 2.21. The molecule has 68 valence electrons. The summed E-state index contributed by atoms with van der Waals surface area (Å²) < 4.78 is 5.80. The highest BCUT2D eigenvalue weighted by molar-refractivity contribution is 5.16. The summed E-state index contributed by atoms with van der Waals surface area (Å²) in [5, 5.41) is 0. The highest BCUT2D eigenvalue weighted by atomic mass is 16.5. The minimum absolute atomic E-state index is 0.0203. The normalized spacial score (nSPS) is 17.4. The van der Waals surface area contributed by atoms with Crippen molar-refractivity contribution >= 4 is 0 Å². The zero-order chi connectivity index (χ0) is 9.03. The van der Waals surface area contributed by atoms with Gasteiger partial charge in [-0.2, -0.15) is 0 Å². The minimum Gasteiger partial charge on any atom is -0.488 e. The number of hydrogen-bond donors (Lipinski definition) is 0. The molecule has 0 saturated carbocycles. The molecule has 0 unspecified atom stereocenters. The zero-order valence-corrected chi connectivity index (χ0v) is 8.26. The molecule has 0 aromatic carbocycles. The molecule has 0 atom stereocenters. The van der Waals surface area contributed by atoms with Gasteiger partial charge in [-0.05, 0) is 45.3 Å². The van der Waals surface area contributed by atoms with Gasteiger partial charge in [-0.1, -0.05) is 13.0 Å². The first kappa shape index (κ1) is 9.37. The lowest BCUT2D eigenvalue weighted by Gasteiger charge is -2.26. The van der Waals surface area contributed by atoms with E-state index in [0.717, 1.165) is 25.0 Å². The number of ether oxygens (including phenoxy) is 1. The Hall–Kier alpha value is -0.720. The second kappa shape index (κ2) is 3.79. The van der Waals surface area contributed by atoms with Crippen molar-refractivity contribution in [3.63, 3.8) is 0 Å². The molecule has 0 amide bonds. The Morgan fingerprint density at radius 3 is 2.67 bits per heavy atom. The van der Waals surface area contributed by atoms with E-state index in [2.05, 4.69) is 39.0 Å². The molecule has 0 heterocycles. The van der Waals surface area contributed by atoms with E-state index in [-0.39, 0.29) is 5.60 Å². The summed E-state index contributed by atoms with van der Waals surface area (Å²) in [5.74, 6) is 1.04. The molecule has 0 saturated heterocycles. The third kappa shape index (κ3) is 2.72. The highest BCUT2D eigenvalue weighted by Crippen LogP contribution is 2.21. The van der Waals surface area contributed by atoms with Crippen molar-refractivity contribution in [2.45, 2.75) is 45.6 Å². The van der Waals surface area contributed by atoms with Crippen LogP contribution >= 0.6 is 0 Å². The van der Waals surface area contributed by atoms with Gasteiger partial charge < -0.3 is 4.74 Å². The largest absolute Gasteiger partial charge is 0.488 e. The Balaban J connectivity index is 2.50. The summed E-state index contributed by atoms with van der Waals surface area (Å²) in [5.41, 5.74) is -0.0203. The molecular formula is C11H18O. The third-order valence-electron chi connectivity index (χ3n) is 2.21. The Kier molecular flexibility index (Phi) is 2.96. The summed E-state index contributed by atoms with van der Waals surface area (Å²) in [4.78, 5) is 0. The topological polar surface area (TPSA) is 9.23 Å². The fourth-order valence-electron chi connectivity index (χ4n) is 1.06. The van der Waals surface area contributed by atoms with E-state index in [0.29, 0.717) is 0 Å². The molecule has 0 fully saturated rings. The first-order valence-corrected chi connectivity index (χ1v) is 4.70. The molecule has 0 radical (unpaired) electrons. The van der Waals surface area contributed by atoms with Gasteiger partial charge in [0, 0.05) is 0 Å². The lowest BCUT2D eigenvalue weighted by Crippen LogP contribution is -2.22. The molecule has 0 aromatic rings. The van der Waals surface area contributed by atoms with Gasteiger partial charge in [0.2, 0.25) is 0 Å². The molecule has 0 N–H and O–H groups in total. The van der Waals surface area contributed by atoms with E-state index in [1.165, 1.54) is 0 Å². The molecule has 1 aliphatic carbocycles. The highest BCUT2D eigenvalue weighted by Gasteiger charge is 2.17. The van der Waals surface area contributed by atoms with Crippen LogP contribution in [-0.4, -0.2) is 5.60 Å². The van der Waals surface area contributed by atoms with Crippen LogP contribution in [0.1, 0.15) is 40.0 Å². The molecule has 1 heteroatoms. The van der Waals surface area contributed by atoms with Crippen molar-refractivity contribution in [2.75, 3.05) is 0 Å². The van der Waals surface area contributed by atoms with Crippen molar-refractivity contribution in [1.29, 1.82) is 0 Å². The number of rotatable bonds is 3. The molecule has 1 aliphatic rings. The fourth-order valence-corrected chi connectivity index (χ4v) is 1.06. The second-order valence-electron chi connectivity index (χ2n) is 3.80. The van der Waals surface area contributed by atoms with Gasteiger partial charge in [-0.25, -0.2) is 0 Å². The summed E-state index contributed by atoms with van der Waals surface area (Å²) in [7, 11) is 0. The molecule has 0 spiro atoms. The fraction of sp³-hybridized carbons (Fsp3) is 0.636. The molecule has 12 heavy (non-hydrogen) atoms. The molecular weight excluding hydrogens is 148 g/mol. The number of allylic oxidation sites excluding steroid dienone is 3.